The SMILES string of the molecule is [CH3-].[CH3-].[Co+2].c1c[nH]cn1. The van der Waals surface area contributed by atoms with Crippen molar-refractivity contribution in [3.8, 4) is 0 Å². The van der Waals surface area contributed by atoms with Crippen LogP contribution in [0.3, 0.4) is 0 Å². The van der Waals surface area contributed by atoms with Crippen molar-refractivity contribution in [1.29, 1.82) is 0 Å². The van der Waals surface area contributed by atoms with Gasteiger partial charge in [0.1, 0.15) is 0 Å². The third-order valence-corrected chi connectivity index (χ3v) is 0.406. The topological polar surface area (TPSA) is 28.7 Å². The summed E-state index contributed by atoms with van der Waals surface area (Å²) in [6.45, 7) is 0. The molecular formula is C5H10CoN2. The Hall–Kier alpha value is -0.284. The number of hydrogen-bond donors (Lipinski definition) is 1. The Morgan fingerprint density at radius 3 is 2.00 bits per heavy atom. The third-order valence-electron chi connectivity index (χ3n) is 0.406. The van der Waals surface area contributed by atoms with E-state index in [9.17, 15) is 0 Å². The molecule has 0 aliphatic carbocycles. The smallest absolute Gasteiger partial charge is 0.358 e. The number of hydrogen-bond acceptors (Lipinski definition) is 1. The molecule has 1 N–H and O–H groups in total. The molecule has 0 amide bonds. The second kappa shape index (κ2) is 9.87. The molecule has 0 spiro atoms. The fourth-order valence-electron chi connectivity index (χ4n) is 0.215. The molecule has 1 heterocycles. The second-order valence-corrected chi connectivity index (χ2v) is 0.761. The molecule has 0 aromatic carbocycles. The van der Waals surface area contributed by atoms with Gasteiger partial charge >= 0.3 is 16.8 Å². The molecule has 1 aromatic heterocycles. The molecule has 0 bridgehead atoms. The normalized spacial score (nSPS) is 5.00. The van der Waals surface area contributed by atoms with Crippen molar-refractivity contribution < 1.29 is 16.8 Å². The number of rotatable bonds is 0. The standard InChI is InChI=1S/C3H4N2.2CH3.Co/c1-2-5-3-4-1;;;/h1-3H,(H,4,5);2*1H3;/q;2*-1;+2. The minimum Gasteiger partial charge on any atom is -0.358 e. The van der Waals surface area contributed by atoms with Gasteiger partial charge in [0.05, 0.1) is 6.33 Å². The summed E-state index contributed by atoms with van der Waals surface area (Å²) in [7, 11) is 0. The molecule has 1 aromatic rings. The van der Waals surface area contributed by atoms with Crippen molar-refractivity contribution in [3.63, 3.8) is 0 Å². The summed E-state index contributed by atoms with van der Waals surface area (Å²) in [5.41, 5.74) is 0. The number of nitrogens with one attached hydrogen (secondary N) is 1. The van der Waals surface area contributed by atoms with E-state index in [-0.39, 0.29) is 31.6 Å². The first kappa shape index (κ1) is 15.6. The van der Waals surface area contributed by atoms with Gasteiger partial charge < -0.3 is 19.8 Å². The van der Waals surface area contributed by atoms with Crippen molar-refractivity contribution >= 4 is 0 Å². The Labute approximate surface area is 60.9 Å². The first-order valence-electron chi connectivity index (χ1n) is 1.43. The molecule has 1 radical (unpaired) electrons. The average Bonchev–Trinajstić information content (AvgIpc) is 1.76. The number of aromatic nitrogens is 2. The number of imidazole rings is 1. The van der Waals surface area contributed by atoms with Crippen LogP contribution in [0.5, 0.6) is 0 Å². The summed E-state index contributed by atoms with van der Waals surface area (Å²) in [4.78, 5) is 6.42. The Morgan fingerprint density at radius 2 is 1.88 bits per heavy atom. The summed E-state index contributed by atoms with van der Waals surface area (Å²) in [5, 5.41) is 0. The monoisotopic (exact) mass is 157 g/mol. The Morgan fingerprint density at radius 1 is 1.25 bits per heavy atom. The first-order valence-corrected chi connectivity index (χ1v) is 1.43. The van der Waals surface area contributed by atoms with Gasteiger partial charge in [0.2, 0.25) is 0 Å². The summed E-state index contributed by atoms with van der Waals surface area (Å²) >= 11 is 0. The van der Waals surface area contributed by atoms with Crippen LogP contribution in [0, 0.1) is 14.9 Å². The van der Waals surface area contributed by atoms with E-state index in [2.05, 4.69) is 9.97 Å². The van der Waals surface area contributed by atoms with Crippen molar-refractivity contribution in [3.05, 3.63) is 33.6 Å². The van der Waals surface area contributed by atoms with Crippen LogP contribution in [0.25, 0.3) is 0 Å². The molecule has 0 aliphatic heterocycles. The molecular weight excluding hydrogens is 147 g/mol. The molecule has 0 aliphatic rings. The second-order valence-electron chi connectivity index (χ2n) is 0.761. The number of nitrogens with zero attached hydrogens (tertiary/aromatic N) is 1. The van der Waals surface area contributed by atoms with Crippen LogP contribution in [-0.4, -0.2) is 9.97 Å². The summed E-state index contributed by atoms with van der Waals surface area (Å²) in [5.74, 6) is 0. The quantitative estimate of drug-likeness (QED) is 0.565. The van der Waals surface area contributed by atoms with E-state index < -0.39 is 0 Å². The van der Waals surface area contributed by atoms with Gasteiger partial charge in [-0.3, -0.25) is 0 Å². The zero-order chi connectivity index (χ0) is 3.54. The fraction of sp³-hybridized carbons (Fsp3) is 0. The van der Waals surface area contributed by atoms with Crippen LogP contribution < -0.4 is 0 Å². The van der Waals surface area contributed by atoms with Gasteiger partial charge in [-0.15, -0.1) is 0 Å². The molecule has 49 valence electrons. The molecule has 0 saturated heterocycles. The molecule has 8 heavy (non-hydrogen) atoms. The van der Waals surface area contributed by atoms with Gasteiger partial charge in [0.15, 0.2) is 0 Å². The Kier molecular flexibility index (Phi) is 19.3. The molecule has 0 fully saturated rings. The van der Waals surface area contributed by atoms with Gasteiger partial charge in [0.25, 0.3) is 0 Å². The van der Waals surface area contributed by atoms with E-state index in [1.807, 2.05) is 0 Å². The summed E-state index contributed by atoms with van der Waals surface area (Å²) < 4.78 is 0. The van der Waals surface area contributed by atoms with Gasteiger partial charge in [-0.25, -0.2) is 4.98 Å². The minimum absolute atomic E-state index is 0. The predicted molar refractivity (Wildman–Crippen MR) is 31.4 cm³/mol. The van der Waals surface area contributed by atoms with Gasteiger partial charge in [-0.1, -0.05) is 0 Å². The van der Waals surface area contributed by atoms with Crippen molar-refractivity contribution in [2.45, 2.75) is 0 Å². The van der Waals surface area contributed by atoms with Crippen molar-refractivity contribution in [2.24, 2.45) is 0 Å². The maximum Gasteiger partial charge on any atom is 2.00 e. The maximum absolute atomic E-state index is 3.67. The van der Waals surface area contributed by atoms with Crippen LogP contribution in [0.15, 0.2) is 18.7 Å². The fourth-order valence-corrected chi connectivity index (χ4v) is 0.215. The molecule has 0 saturated carbocycles. The van der Waals surface area contributed by atoms with E-state index in [1.165, 1.54) is 0 Å². The van der Waals surface area contributed by atoms with Gasteiger partial charge in [0, 0.05) is 12.4 Å². The minimum atomic E-state index is 0. The van der Waals surface area contributed by atoms with E-state index in [0.29, 0.717) is 0 Å². The van der Waals surface area contributed by atoms with Crippen molar-refractivity contribution in [1.82, 2.24) is 9.97 Å². The zero-order valence-corrected chi connectivity index (χ0v) is 6.05. The van der Waals surface area contributed by atoms with Crippen LogP contribution in [0.4, 0.5) is 0 Å². The zero-order valence-electron chi connectivity index (χ0n) is 5.01. The third kappa shape index (κ3) is 5.72. The molecule has 0 atom stereocenters. The van der Waals surface area contributed by atoms with Gasteiger partial charge in [-0.2, -0.15) is 0 Å². The average molecular weight is 157 g/mol. The molecule has 2 nitrogen and oxygen atoms in total. The van der Waals surface area contributed by atoms with Crippen LogP contribution in [0.2, 0.25) is 0 Å². The Bertz CT molecular complexity index is 66.9. The van der Waals surface area contributed by atoms with Crippen LogP contribution in [-0.2, 0) is 16.8 Å². The molecule has 1 rings (SSSR count). The van der Waals surface area contributed by atoms with Crippen LogP contribution in [0.1, 0.15) is 0 Å². The largest absolute Gasteiger partial charge is 2.00 e. The number of aromatic amines is 1. The van der Waals surface area contributed by atoms with E-state index in [4.69, 9.17) is 0 Å². The van der Waals surface area contributed by atoms with Crippen molar-refractivity contribution in [2.75, 3.05) is 0 Å². The van der Waals surface area contributed by atoms with Crippen LogP contribution >= 0.6 is 0 Å². The molecule has 0 unspecified atom stereocenters. The summed E-state index contributed by atoms with van der Waals surface area (Å²) in [6, 6.07) is 0. The van der Waals surface area contributed by atoms with E-state index in [1.54, 1.807) is 18.7 Å². The molecule has 3 heteroatoms. The van der Waals surface area contributed by atoms with E-state index in [0.717, 1.165) is 0 Å². The Balaban J connectivity index is -0.0000000833. The maximum atomic E-state index is 3.67. The van der Waals surface area contributed by atoms with E-state index >= 15 is 0 Å². The van der Waals surface area contributed by atoms with Gasteiger partial charge in [-0.05, 0) is 0 Å². The predicted octanol–water partition coefficient (Wildman–Crippen LogP) is 1.31. The summed E-state index contributed by atoms with van der Waals surface area (Å²) in [6.07, 6.45) is 5.08. The first-order chi connectivity index (χ1) is 2.50. The number of H-pyrrole nitrogens is 1.